The van der Waals surface area contributed by atoms with Crippen LogP contribution in [0.5, 0.6) is 11.6 Å². The smallest absolute Gasteiger partial charge is 0.393 e. The molecule has 1 saturated carbocycles. The van der Waals surface area contributed by atoms with Gasteiger partial charge in [0.1, 0.15) is 10.6 Å². The van der Waals surface area contributed by atoms with Gasteiger partial charge in [-0.25, -0.2) is 9.97 Å². The van der Waals surface area contributed by atoms with E-state index in [-0.39, 0.29) is 29.4 Å². The van der Waals surface area contributed by atoms with Gasteiger partial charge in [0.25, 0.3) is 5.88 Å². The third-order valence-electron chi connectivity index (χ3n) is 7.46. The molecule has 43 heavy (non-hydrogen) atoms. The Hall–Kier alpha value is -3.39. The summed E-state index contributed by atoms with van der Waals surface area (Å²) in [5.41, 5.74) is 2.99. The Morgan fingerprint density at radius 2 is 1.81 bits per heavy atom. The van der Waals surface area contributed by atoms with Crippen LogP contribution in [0.25, 0.3) is 21.3 Å². The Balaban J connectivity index is 0.00000423. The zero-order valence-electron chi connectivity index (χ0n) is 24.1. The molecule has 3 N–H and O–H groups in total. The number of aromatic nitrogens is 3. The topological polar surface area (TPSA) is 105 Å². The second-order valence-corrected chi connectivity index (χ2v) is 11.4. The number of likely N-dealkylation sites (N-methyl/N-ethyl adjacent to an activating group) is 1. The Kier molecular flexibility index (Phi) is 10.2. The molecule has 0 amide bonds. The number of anilines is 2. The van der Waals surface area contributed by atoms with Gasteiger partial charge in [-0.1, -0.05) is 24.3 Å². The van der Waals surface area contributed by atoms with Crippen LogP contribution in [0.2, 0.25) is 0 Å². The molecular weight excluding hydrogens is 605 g/mol. The number of nitrogens with one attached hydrogen (secondary N) is 2. The fraction of sp³-hybridized carbons (Fsp3) is 0.414. The van der Waals surface area contributed by atoms with Gasteiger partial charge in [-0.2, -0.15) is 18.2 Å². The molecule has 0 spiro atoms. The number of ether oxygens (including phenoxy) is 2. The van der Waals surface area contributed by atoms with E-state index in [1.807, 2.05) is 42.3 Å². The minimum absolute atomic E-state index is 0. The molecule has 3 atom stereocenters. The van der Waals surface area contributed by atoms with E-state index in [1.165, 1.54) is 6.07 Å². The van der Waals surface area contributed by atoms with E-state index in [9.17, 15) is 18.3 Å². The highest BCUT2D eigenvalue weighted by molar-refractivity contribution is 7.18. The summed E-state index contributed by atoms with van der Waals surface area (Å²) in [6.45, 7) is 0.616. The number of fused-ring (bicyclic) bond motifs is 1. The molecule has 1 aliphatic rings. The lowest BCUT2D eigenvalue weighted by molar-refractivity contribution is -0.126. The van der Waals surface area contributed by atoms with Gasteiger partial charge in [0, 0.05) is 43.3 Å². The zero-order chi connectivity index (χ0) is 30.0. The molecule has 14 heteroatoms. The molecule has 0 radical (unpaired) electrons. The first kappa shape index (κ1) is 32.5. The Morgan fingerprint density at radius 3 is 2.47 bits per heavy atom. The minimum Gasteiger partial charge on any atom is -0.491 e. The number of benzene rings is 1. The van der Waals surface area contributed by atoms with Crippen molar-refractivity contribution >= 4 is 45.7 Å². The van der Waals surface area contributed by atoms with Gasteiger partial charge in [0.05, 0.1) is 38.2 Å². The Labute approximate surface area is 257 Å². The Morgan fingerprint density at radius 1 is 1.07 bits per heavy atom. The number of nitrogens with zero attached hydrogens (tertiary/aromatic N) is 4. The molecular formula is C29H34ClF3N6O3S. The number of hydrogen-bond donors (Lipinski definition) is 3. The highest BCUT2D eigenvalue weighted by atomic mass is 35.5. The predicted molar refractivity (Wildman–Crippen MR) is 165 cm³/mol. The fourth-order valence-electron chi connectivity index (χ4n) is 5.32. The number of alkyl halides is 3. The lowest BCUT2D eigenvalue weighted by Gasteiger charge is -2.29. The third kappa shape index (κ3) is 7.40. The number of hydrogen-bond acceptors (Lipinski definition) is 10. The summed E-state index contributed by atoms with van der Waals surface area (Å²) in [7, 11) is 6.60. The van der Waals surface area contributed by atoms with Crippen LogP contribution >= 0.6 is 23.7 Å². The number of halogens is 4. The van der Waals surface area contributed by atoms with Gasteiger partial charge in [-0.05, 0) is 36.1 Å². The molecule has 1 aromatic carbocycles. The van der Waals surface area contributed by atoms with Gasteiger partial charge in [0.2, 0.25) is 5.95 Å². The van der Waals surface area contributed by atoms with Crippen LogP contribution in [0.3, 0.4) is 0 Å². The highest BCUT2D eigenvalue weighted by Gasteiger charge is 2.37. The molecule has 4 aromatic rings. The van der Waals surface area contributed by atoms with Crippen LogP contribution in [-0.4, -0.2) is 72.7 Å². The van der Waals surface area contributed by atoms with E-state index in [0.29, 0.717) is 53.0 Å². The quantitative estimate of drug-likeness (QED) is 0.209. The van der Waals surface area contributed by atoms with E-state index in [2.05, 4.69) is 25.6 Å². The van der Waals surface area contributed by atoms with Crippen LogP contribution < -0.4 is 25.0 Å². The lowest BCUT2D eigenvalue weighted by atomic mass is 10.1. The maximum atomic E-state index is 13.1. The van der Waals surface area contributed by atoms with E-state index in [0.717, 1.165) is 28.0 Å². The van der Waals surface area contributed by atoms with Crippen LogP contribution in [0, 0.1) is 0 Å². The second-order valence-electron chi connectivity index (χ2n) is 10.3. The van der Waals surface area contributed by atoms with Gasteiger partial charge in [0.15, 0.2) is 5.75 Å². The summed E-state index contributed by atoms with van der Waals surface area (Å²) in [5.74, 6) is 1.81. The molecule has 0 unspecified atom stereocenters. The van der Waals surface area contributed by atoms with Gasteiger partial charge >= 0.3 is 6.18 Å². The second kappa shape index (κ2) is 13.5. The average Bonchev–Trinajstić information content (AvgIpc) is 3.55. The first-order valence-corrected chi connectivity index (χ1v) is 14.3. The third-order valence-corrected chi connectivity index (χ3v) is 8.49. The lowest BCUT2D eigenvalue weighted by Crippen LogP contribution is -2.38. The van der Waals surface area contributed by atoms with Crippen molar-refractivity contribution in [2.24, 2.45) is 0 Å². The van der Waals surface area contributed by atoms with Crippen LogP contribution in [-0.2, 0) is 13.0 Å². The van der Waals surface area contributed by atoms with Crippen LogP contribution in [0.1, 0.15) is 23.3 Å². The summed E-state index contributed by atoms with van der Waals surface area (Å²) < 4.78 is 49.7. The van der Waals surface area contributed by atoms with E-state index in [1.54, 1.807) is 27.5 Å². The maximum absolute atomic E-state index is 13.1. The van der Waals surface area contributed by atoms with Crippen molar-refractivity contribution in [3.05, 3.63) is 53.0 Å². The van der Waals surface area contributed by atoms with Crippen molar-refractivity contribution in [1.29, 1.82) is 0 Å². The standard InChI is InChI=1S/C29H33F3N6O3S.ClH/c1-33-28-36-25(21-12-20(13-29(30,31)32)42-27(21)37-28)38(2)22-10-19(11-23(22)39)34-14-16-5-7-17(8-6-16)18-9-24(40-3)26(41-4)35-15-18;/h5-9,12,15,19,22-23,34,39H,10-11,13-14H2,1-4H3,(H,33,36,37);1H/t19-,22+,23-;/m1./s1. The molecule has 0 aliphatic heterocycles. The number of aliphatic hydroxyl groups excluding tert-OH is 1. The number of thiophene rings is 1. The van der Waals surface area contributed by atoms with Crippen molar-refractivity contribution < 1.29 is 27.8 Å². The minimum atomic E-state index is -4.31. The van der Waals surface area contributed by atoms with Gasteiger partial charge in [-0.3, -0.25) is 0 Å². The SMILES string of the molecule is CNc1nc(N(C)[C@H]2C[C@@H](NCc3ccc(-c4cnc(OC)c(OC)c4)cc3)C[C@H]2O)c2cc(CC(F)(F)F)sc2n1.Cl. The molecule has 1 aliphatic carbocycles. The zero-order valence-corrected chi connectivity index (χ0v) is 25.7. The summed E-state index contributed by atoms with van der Waals surface area (Å²) >= 11 is 1.01. The number of methoxy groups -OCH3 is 2. The molecule has 9 nitrogen and oxygen atoms in total. The number of aliphatic hydroxyl groups is 1. The summed E-state index contributed by atoms with van der Waals surface area (Å²) in [6.07, 6.45) is -3.04. The molecule has 3 aromatic heterocycles. The summed E-state index contributed by atoms with van der Waals surface area (Å²) in [6, 6.07) is 11.3. The normalized spacial score (nSPS) is 18.4. The molecule has 0 saturated heterocycles. The first-order valence-electron chi connectivity index (χ1n) is 13.4. The predicted octanol–water partition coefficient (Wildman–Crippen LogP) is 5.46. The van der Waals surface area contributed by atoms with Gasteiger partial charge < -0.3 is 30.1 Å². The van der Waals surface area contributed by atoms with Crippen molar-refractivity contribution in [2.75, 3.05) is 38.5 Å². The molecule has 0 bridgehead atoms. The number of rotatable bonds is 10. The molecule has 5 rings (SSSR count). The summed E-state index contributed by atoms with van der Waals surface area (Å²) in [5, 5.41) is 18.0. The van der Waals surface area contributed by atoms with Crippen molar-refractivity contribution in [2.45, 2.75) is 50.2 Å². The average molecular weight is 639 g/mol. The van der Waals surface area contributed by atoms with E-state index >= 15 is 0 Å². The Bertz CT molecular complexity index is 1540. The van der Waals surface area contributed by atoms with E-state index < -0.39 is 18.7 Å². The molecule has 3 heterocycles. The van der Waals surface area contributed by atoms with Crippen LogP contribution in [0.4, 0.5) is 24.9 Å². The van der Waals surface area contributed by atoms with Crippen molar-refractivity contribution in [3.8, 4) is 22.8 Å². The maximum Gasteiger partial charge on any atom is 0.393 e. The van der Waals surface area contributed by atoms with E-state index in [4.69, 9.17) is 9.47 Å². The van der Waals surface area contributed by atoms with Crippen molar-refractivity contribution in [3.63, 3.8) is 0 Å². The molecule has 232 valence electrons. The fourth-order valence-corrected chi connectivity index (χ4v) is 6.37. The highest BCUT2D eigenvalue weighted by Crippen LogP contribution is 2.37. The van der Waals surface area contributed by atoms with Gasteiger partial charge in [-0.15, -0.1) is 23.7 Å². The van der Waals surface area contributed by atoms with Crippen molar-refractivity contribution in [1.82, 2.24) is 20.3 Å². The van der Waals surface area contributed by atoms with Crippen LogP contribution in [0.15, 0.2) is 42.6 Å². The monoisotopic (exact) mass is 638 g/mol. The molecule has 1 fully saturated rings. The first-order chi connectivity index (χ1) is 20.1. The number of pyridine rings is 1. The summed E-state index contributed by atoms with van der Waals surface area (Å²) in [4.78, 5) is 15.7. The largest absolute Gasteiger partial charge is 0.491 e.